The Bertz CT molecular complexity index is 371. The van der Waals surface area contributed by atoms with E-state index in [1.807, 2.05) is 0 Å². The number of esters is 3. The van der Waals surface area contributed by atoms with Crippen LogP contribution in [0, 0.1) is 0 Å². The lowest BCUT2D eigenvalue weighted by molar-refractivity contribution is -0.156. The number of hydrogen-bond donors (Lipinski definition) is 1. The van der Waals surface area contributed by atoms with Crippen molar-refractivity contribution in [2.24, 2.45) is 5.16 Å². The Morgan fingerprint density at radius 2 is 1.59 bits per heavy atom. The zero-order valence-corrected chi connectivity index (χ0v) is 8.92. The lowest BCUT2D eigenvalue weighted by atomic mass is 10.3. The fourth-order valence-electron chi connectivity index (χ4n) is 0.693. The Balaban J connectivity index is 4.12. The van der Waals surface area contributed by atoms with E-state index in [-0.39, 0.29) is 18.7 Å². The van der Waals surface area contributed by atoms with Crippen LogP contribution in [0.3, 0.4) is 0 Å². The van der Waals surface area contributed by atoms with E-state index in [0.717, 1.165) is 12.2 Å². The maximum atomic E-state index is 11.0. The molecule has 0 aliphatic carbocycles. The van der Waals surface area contributed by atoms with Gasteiger partial charge in [-0.3, -0.25) is 4.79 Å². The quantitative estimate of drug-likeness (QED) is 0.143. The molecule has 0 saturated heterocycles. The van der Waals surface area contributed by atoms with Gasteiger partial charge in [0.1, 0.15) is 0 Å². The van der Waals surface area contributed by atoms with E-state index >= 15 is 0 Å². The van der Waals surface area contributed by atoms with Crippen molar-refractivity contribution in [2.45, 2.75) is 12.8 Å². The molecular formula is C10H11NO6. The molecule has 0 aliphatic rings. The number of carbonyl (C=O) groups is 3. The first-order chi connectivity index (χ1) is 8.03. The van der Waals surface area contributed by atoms with Crippen LogP contribution < -0.4 is 0 Å². The molecule has 0 fully saturated rings. The van der Waals surface area contributed by atoms with Crippen molar-refractivity contribution >= 4 is 23.8 Å². The van der Waals surface area contributed by atoms with E-state index < -0.39 is 17.9 Å². The summed E-state index contributed by atoms with van der Waals surface area (Å²) in [5.74, 6) is -2.95. The predicted octanol–water partition coefficient (Wildman–Crippen LogP) is 0.539. The number of ether oxygens (including phenoxy) is 2. The van der Waals surface area contributed by atoms with Gasteiger partial charge in [0, 0.05) is 18.6 Å². The van der Waals surface area contributed by atoms with E-state index in [9.17, 15) is 14.4 Å². The van der Waals surface area contributed by atoms with Gasteiger partial charge in [0.15, 0.2) is 0 Å². The molecule has 7 heteroatoms. The van der Waals surface area contributed by atoms with Gasteiger partial charge in [0.2, 0.25) is 5.90 Å². The molecule has 0 spiro atoms. The van der Waals surface area contributed by atoms with Gasteiger partial charge in [-0.1, -0.05) is 18.3 Å². The minimum atomic E-state index is -0.888. The lowest BCUT2D eigenvalue weighted by Crippen LogP contribution is -2.15. The number of carbonyl (C=O) groups excluding carboxylic acids is 3. The van der Waals surface area contributed by atoms with E-state index in [1.54, 1.807) is 0 Å². The van der Waals surface area contributed by atoms with E-state index in [0.29, 0.717) is 0 Å². The van der Waals surface area contributed by atoms with Crippen molar-refractivity contribution in [1.29, 1.82) is 0 Å². The SMILES string of the molecule is C=CC(=O)OC(=O)CC/C(=N/O)OC(=O)C=C. The molecule has 0 aliphatic heterocycles. The largest absolute Gasteiger partial charge is 0.408 e. The summed E-state index contributed by atoms with van der Waals surface area (Å²) in [5.41, 5.74) is 0. The van der Waals surface area contributed by atoms with Crippen LogP contribution in [-0.4, -0.2) is 29.0 Å². The summed E-state index contributed by atoms with van der Waals surface area (Å²) in [7, 11) is 0. The summed E-state index contributed by atoms with van der Waals surface area (Å²) >= 11 is 0. The number of rotatable bonds is 5. The fraction of sp³-hybridized carbons (Fsp3) is 0.200. The summed E-state index contributed by atoms with van der Waals surface area (Å²) in [6, 6.07) is 0. The van der Waals surface area contributed by atoms with Gasteiger partial charge in [-0.05, 0) is 0 Å². The molecule has 0 rings (SSSR count). The molecule has 0 heterocycles. The molecule has 0 radical (unpaired) electrons. The van der Waals surface area contributed by atoms with Crippen molar-refractivity contribution in [1.82, 2.24) is 0 Å². The zero-order chi connectivity index (χ0) is 13.3. The maximum Gasteiger partial charge on any atom is 0.337 e. The standard InChI is InChI=1S/C10H11NO6/c1-3-8(12)16-7(11-15)5-6-10(14)17-9(13)4-2/h3-4,15H,1-2,5-6H2/b11-7-. The summed E-state index contributed by atoms with van der Waals surface area (Å²) in [4.78, 5) is 32.4. The Morgan fingerprint density at radius 3 is 2.06 bits per heavy atom. The fourth-order valence-corrected chi connectivity index (χ4v) is 0.693. The Labute approximate surface area is 97.0 Å². The summed E-state index contributed by atoms with van der Waals surface area (Å²) in [6.07, 6.45) is 1.21. The molecule has 17 heavy (non-hydrogen) atoms. The predicted molar refractivity (Wildman–Crippen MR) is 56.0 cm³/mol. The number of hydrogen-bond acceptors (Lipinski definition) is 7. The third-order valence-electron chi connectivity index (χ3n) is 1.42. The van der Waals surface area contributed by atoms with Crippen molar-refractivity contribution < 1.29 is 29.1 Å². The minimum Gasteiger partial charge on any atom is -0.408 e. The molecule has 0 atom stereocenters. The summed E-state index contributed by atoms with van der Waals surface area (Å²) in [6.45, 7) is 6.24. The van der Waals surface area contributed by atoms with Gasteiger partial charge in [-0.15, -0.1) is 0 Å². The highest BCUT2D eigenvalue weighted by molar-refractivity contribution is 5.96. The molecule has 0 bridgehead atoms. The Hall–Kier alpha value is -2.44. The summed E-state index contributed by atoms with van der Waals surface area (Å²) in [5, 5.41) is 11.1. The van der Waals surface area contributed by atoms with E-state index in [2.05, 4.69) is 27.8 Å². The number of nitrogens with zero attached hydrogens (tertiary/aromatic N) is 1. The van der Waals surface area contributed by atoms with Crippen LogP contribution in [0.25, 0.3) is 0 Å². The zero-order valence-electron chi connectivity index (χ0n) is 8.92. The molecule has 0 amide bonds. The smallest absolute Gasteiger partial charge is 0.337 e. The van der Waals surface area contributed by atoms with Crippen LogP contribution in [0.1, 0.15) is 12.8 Å². The number of oxime groups is 1. The van der Waals surface area contributed by atoms with Crippen LogP contribution in [0.5, 0.6) is 0 Å². The van der Waals surface area contributed by atoms with Crippen LogP contribution in [-0.2, 0) is 23.9 Å². The first-order valence-corrected chi connectivity index (χ1v) is 4.45. The first-order valence-electron chi connectivity index (χ1n) is 4.45. The first kappa shape index (κ1) is 14.6. The van der Waals surface area contributed by atoms with Gasteiger partial charge < -0.3 is 14.7 Å². The maximum absolute atomic E-state index is 11.0. The molecular weight excluding hydrogens is 230 g/mol. The molecule has 0 saturated carbocycles. The molecule has 0 aromatic carbocycles. The van der Waals surface area contributed by atoms with Crippen molar-refractivity contribution in [3.63, 3.8) is 0 Å². The van der Waals surface area contributed by atoms with Crippen molar-refractivity contribution in [3.8, 4) is 0 Å². The van der Waals surface area contributed by atoms with Gasteiger partial charge in [-0.2, -0.15) is 0 Å². The molecule has 7 nitrogen and oxygen atoms in total. The van der Waals surface area contributed by atoms with E-state index in [1.165, 1.54) is 0 Å². The second kappa shape index (κ2) is 7.80. The molecule has 92 valence electrons. The van der Waals surface area contributed by atoms with Crippen LogP contribution >= 0.6 is 0 Å². The third-order valence-corrected chi connectivity index (χ3v) is 1.42. The molecule has 1 N–H and O–H groups in total. The third kappa shape index (κ3) is 6.61. The average molecular weight is 241 g/mol. The minimum absolute atomic E-state index is 0.195. The van der Waals surface area contributed by atoms with Gasteiger partial charge >= 0.3 is 17.9 Å². The second-order valence-electron chi connectivity index (χ2n) is 2.62. The van der Waals surface area contributed by atoms with Crippen LogP contribution in [0.4, 0.5) is 0 Å². The van der Waals surface area contributed by atoms with Crippen LogP contribution in [0.2, 0.25) is 0 Å². The monoisotopic (exact) mass is 241 g/mol. The molecule has 0 aromatic heterocycles. The highest BCUT2D eigenvalue weighted by Crippen LogP contribution is 1.99. The van der Waals surface area contributed by atoms with Gasteiger partial charge in [0.25, 0.3) is 0 Å². The molecule has 0 unspecified atom stereocenters. The summed E-state index contributed by atoms with van der Waals surface area (Å²) < 4.78 is 8.69. The molecule has 0 aromatic rings. The van der Waals surface area contributed by atoms with Gasteiger partial charge in [-0.25, -0.2) is 9.59 Å². The van der Waals surface area contributed by atoms with Crippen LogP contribution in [0.15, 0.2) is 30.5 Å². The Kier molecular flexibility index (Phi) is 6.68. The highest BCUT2D eigenvalue weighted by atomic mass is 16.6. The van der Waals surface area contributed by atoms with Crippen molar-refractivity contribution in [2.75, 3.05) is 0 Å². The normalized spacial score (nSPS) is 10.2. The highest BCUT2D eigenvalue weighted by Gasteiger charge is 2.12. The second-order valence-corrected chi connectivity index (χ2v) is 2.62. The van der Waals surface area contributed by atoms with Crippen molar-refractivity contribution in [3.05, 3.63) is 25.3 Å². The van der Waals surface area contributed by atoms with E-state index in [4.69, 9.17) is 5.21 Å². The topological polar surface area (TPSA) is 102 Å². The average Bonchev–Trinajstić information content (AvgIpc) is 2.33. The lowest BCUT2D eigenvalue weighted by Gasteiger charge is -2.03. The van der Waals surface area contributed by atoms with Gasteiger partial charge in [0.05, 0.1) is 6.42 Å². The Morgan fingerprint density at radius 1 is 1.06 bits per heavy atom.